The maximum absolute atomic E-state index is 10.6. The standard InChI is InChI=1S/C12H12ClN3O2S/c1-2-16-11(8-5-3-4-6-9(8)13)14-15-12(16)19-7-10(17)18/h3-6H,2,7H2,1H3,(H,17,18). The Labute approximate surface area is 119 Å². The molecule has 2 aromatic rings. The van der Waals surface area contributed by atoms with Crippen molar-refractivity contribution in [2.24, 2.45) is 0 Å². The maximum Gasteiger partial charge on any atom is 0.313 e. The van der Waals surface area contributed by atoms with Crippen LogP contribution in [-0.4, -0.2) is 31.6 Å². The van der Waals surface area contributed by atoms with Gasteiger partial charge in [0.2, 0.25) is 0 Å². The summed E-state index contributed by atoms with van der Waals surface area (Å²) in [6, 6.07) is 7.37. The first kappa shape index (κ1) is 13.9. The summed E-state index contributed by atoms with van der Waals surface area (Å²) < 4.78 is 1.86. The van der Waals surface area contributed by atoms with Gasteiger partial charge < -0.3 is 9.67 Å². The Bertz CT molecular complexity index is 600. The van der Waals surface area contributed by atoms with Gasteiger partial charge in [-0.1, -0.05) is 35.5 Å². The number of aliphatic carboxylic acids is 1. The van der Waals surface area contributed by atoms with Crippen LogP contribution in [0.4, 0.5) is 0 Å². The topological polar surface area (TPSA) is 68.0 Å². The van der Waals surface area contributed by atoms with E-state index >= 15 is 0 Å². The van der Waals surface area contributed by atoms with E-state index < -0.39 is 5.97 Å². The highest BCUT2D eigenvalue weighted by atomic mass is 35.5. The van der Waals surface area contributed by atoms with Crippen LogP contribution in [0.15, 0.2) is 29.4 Å². The van der Waals surface area contributed by atoms with Crippen molar-refractivity contribution < 1.29 is 9.90 Å². The molecule has 0 fully saturated rings. The number of carbonyl (C=O) groups is 1. The van der Waals surface area contributed by atoms with Crippen LogP contribution in [-0.2, 0) is 11.3 Å². The second kappa shape index (κ2) is 6.08. The molecular formula is C12H12ClN3O2S. The number of hydrogen-bond acceptors (Lipinski definition) is 4. The van der Waals surface area contributed by atoms with E-state index in [0.29, 0.717) is 22.5 Å². The summed E-state index contributed by atoms with van der Waals surface area (Å²) in [5.74, 6) is -0.267. The van der Waals surface area contributed by atoms with E-state index in [4.69, 9.17) is 16.7 Å². The smallest absolute Gasteiger partial charge is 0.313 e. The minimum Gasteiger partial charge on any atom is -0.481 e. The zero-order chi connectivity index (χ0) is 13.8. The fourth-order valence-electron chi connectivity index (χ4n) is 1.65. The van der Waals surface area contributed by atoms with E-state index in [-0.39, 0.29) is 5.75 Å². The zero-order valence-corrected chi connectivity index (χ0v) is 11.8. The van der Waals surface area contributed by atoms with Crippen LogP contribution in [0.25, 0.3) is 11.4 Å². The molecule has 0 amide bonds. The van der Waals surface area contributed by atoms with E-state index in [0.717, 1.165) is 17.3 Å². The summed E-state index contributed by atoms with van der Waals surface area (Å²) in [6.07, 6.45) is 0. The number of rotatable bonds is 5. The van der Waals surface area contributed by atoms with Crippen LogP contribution in [0.2, 0.25) is 5.02 Å². The lowest BCUT2D eigenvalue weighted by molar-refractivity contribution is -0.133. The molecule has 0 bridgehead atoms. The van der Waals surface area contributed by atoms with Crippen molar-refractivity contribution in [2.45, 2.75) is 18.6 Å². The van der Waals surface area contributed by atoms with Crippen molar-refractivity contribution in [2.75, 3.05) is 5.75 Å². The van der Waals surface area contributed by atoms with Crippen LogP contribution >= 0.6 is 23.4 Å². The van der Waals surface area contributed by atoms with Gasteiger partial charge in [0.15, 0.2) is 11.0 Å². The molecule has 0 aliphatic carbocycles. The van der Waals surface area contributed by atoms with Gasteiger partial charge in [-0.05, 0) is 19.1 Å². The summed E-state index contributed by atoms with van der Waals surface area (Å²) in [4.78, 5) is 10.6. The van der Waals surface area contributed by atoms with Gasteiger partial charge in [-0.2, -0.15) is 0 Å². The van der Waals surface area contributed by atoms with Gasteiger partial charge in [-0.15, -0.1) is 10.2 Å². The Morgan fingerprint density at radius 2 is 2.16 bits per heavy atom. The van der Waals surface area contributed by atoms with E-state index in [9.17, 15) is 4.79 Å². The average molecular weight is 298 g/mol. The first-order valence-corrected chi connectivity index (χ1v) is 7.02. The molecule has 7 heteroatoms. The number of thioether (sulfide) groups is 1. The number of nitrogens with zero attached hydrogens (tertiary/aromatic N) is 3. The molecule has 1 aromatic carbocycles. The quantitative estimate of drug-likeness (QED) is 0.860. The van der Waals surface area contributed by atoms with Gasteiger partial charge in [-0.25, -0.2) is 0 Å². The summed E-state index contributed by atoms with van der Waals surface area (Å²) >= 11 is 7.29. The molecule has 0 spiro atoms. The lowest BCUT2D eigenvalue weighted by Gasteiger charge is -2.07. The van der Waals surface area contributed by atoms with Crippen molar-refractivity contribution in [3.8, 4) is 11.4 Å². The Hall–Kier alpha value is -1.53. The van der Waals surface area contributed by atoms with E-state index in [2.05, 4.69) is 10.2 Å². The van der Waals surface area contributed by atoms with E-state index in [1.165, 1.54) is 0 Å². The van der Waals surface area contributed by atoms with Crippen molar-refractivity contribution in [3.05, 3.63) is 29.3 Å². The fraction of sp³-hybridized carbons (Fsp3) is 0.250. The highest BCUT2D eigenvalue weighted by Crippen LogP contribution is 2.28. The van der Waals surface area contributed by atoms with E-state index in [1.54, 1.807) is 6.07 Å². The molecule has 0 saturated heterocycles. The monoisotopic (exact) mass is 297 g/mol. The molecule has 1 aromatic heterocycles. The first-order chi connectivity index (χ1) is 9.13. The summed E-state index contributed by atoms with van der Waals surface area (Å²) in [6.45, 7) is 2.60. The van der Waals surface area contributed by atoms with Crippen LogP contribution in [0.3, 0.4) is 0 Å². The second-order valence-electron chi connectivity index (χ2n) is 3.71. The number of carboxylic acid groups (broad SMARTS) is 1. The minimum absolute atomic E-state index is 0.0410. The molecule has 0 saturated carbocycles. The normalized spacial score (nSPS) is 10.6. The van der Waals surface area contributed by atoms with Gasteiger partial charge in [0.25, 0.3) is 0 Å². The van der Waals surface area contributed by atoms with Crippen LogP contribution in [0.5, 0.6) is 0 Å². The molecule has 2 rings (SSSR count). The third kappa shape index (κ3) is 3.08. The molecule has 1 N–H and O–H groups in total. The fourth-order valence-corrected chi connectivity index (χ4v) is 2.59. The van der Waals surface area contributed by atoms with E-state index in [1.807, 2.05) is 29.7 Å². The number of aromatic nitrogens is 3. The third-order valence-corrected chi connectivity index (χ3v) is 3.75. The third-order valence-electron chi connectivity index (χ3n) is 2.47. The molecule has 0 aliphatic rings. The van der Waals surface area contributed by atoms with Crippen LogP contribution in [0.1, 0.15) is 6.92 Å². The number of hydrogen-bond donors (Lipinski definition) is 1. The molecule has 0 unspecified atom stereocenters. The molecule has 0 radical (unpaired) electrons. The van der Waals surface area contributed by atoms with Crippen molar-refractivity contribution in [3.63, 3.8) is 0 Å². The SMILES string of the molecule is CCn1c(SCC(=O)O)nnc1-c1ccccc1Cl. The summed E-state index contributed by atoms with van der Waals surface area (Å²) in [5.41, 5.74) is 0.792. The van der Waals surface area contributed by atoms with Gasteiger partial charge >= 0.3 is 5.97 Å². The Kier molecular flexibility index (Phi) is 4.44. The minimum atomic E-state index is -0.880. The largest absolute Gasteiger partial charge is 0.481 e. The summed E-state index contributed by atoms with van der Waals surface area (Å²) in [5, 5.41) is 18.0. The number of carboxylic acids is 1. The lowest BCUT2D eigenvalue weighted by atomic mass is 10.2. The average Bonchev–Trinajstić information content (AvgIpc) is 2.79. The number of halogens is 1. The van der Waals surface area contributed by atoms with Crippen molar-refractivity contribution in [1.82, 2.24) is 14.8 Å². The predicted molar refractivity (Wildman–Crippen MR) is 74.5 cm³/mol. The molecule has 100 valence electrons. The highest BCUT2D eigenvalue weighted by molar-refractivity contribution is 7.99. The predicted octanol–water partition coefficient (Wildman–Crippen LogP) is 2.80. The molecule has 5 nitrogen and oxygen atoms in total. The molecule has 0 atom stereocenters. The first-order valence-electron chi connectivity index (χ1n) is 5.66. The van der Waals surface area contributed by atoms with Gasteiger partial charge in [0.1, 0.15) is 0 Å². The van der Waals surface area contributed by atoms with Gasteiger partial charge in [0, 0.05) is 12.1 Å². The Morgan fingerprint density at radius 1 is 1.42 bits per heavy atom. The van der Waals surface area contributed by atoms with Crippen LogP contribution in [0, 0.1) is 0 Å². The van der Waals surface area contributed by atoms with Crippen molar-refractivity contribution in [1.29, 1.82) is 0 Å². The Balaban J connectivity index is 2.37. The second-order valence-corrected chi connectivity index (χ2v) is 5.06. The lowest BCUT2D eigenvalue weighted by Crippen LogP contribution is -2.03. The maximum atomic E-state index is 10.6. The molecular weight excluding hydrogens is 286 g/mol. The van der Waals surface area contributed by atoms with Gasteiger partial charge in [-0.3, -0.25) is 4.79 Å². The molecule has 19 heavy (non-hydrogen) atoms. The van der Waals surface area contributed by atoms with Gasteiger partial charge in [0.05, 0.1) is 10.8 Å². The summed E-state index contributed by atoms with van der Waals surface area (Å²) in [7, 11) is 0. The number of benzene rings is 1. The zero-order valence-electron chi connectivity index (χ0n) is 10.2. The highest BCUT2D eigenvalue weighted by Gasteiger charge is 2.15. The Morgan fingerprint density at radius 3 is 2.79 bits per heavy atom. The van der Waals surface area contributed by atoms with Crippen molar-refractivity contribution >= 4 is 29.3 Å². The van der Waals surface area contributed by atoms with Crippen LogP contribution < -0.4 is 0 Å². The molecule has 0 aliphatic heterocycles. The molecule has 1 heterocycles.